The predicted molar refractivity (Wildman–Crippen MR) is 114 cm³/mol. The first-order chi connectivity index (χ1) is 12.7. The molecule has 4 heteroatoms. The molecule has 0 fully saturated rings. The Labute approximate surface area is 165 Å². The molecule has 0 N–H and O–H groups in total. The van der Waals surface area contributed by atoms with Crippen LogP contribution in [0.4, 0.5) is 5.69 Å². The normalized spacial score (nSPS) is 14.7. The molecule has 140 valence electrons. The first kappa shape index (κ1) is 19.4. The molecule has 3 rings (SSSR count). The Bertz CT molecular complexity index is 972. The molecule has 0 atom stereocenters. The molecule has 0 aliphatic carbocycles. The van der Waals surface area contributed by atoms with Crippen LogP contribution < -0.4 is 4.90 Å². The minimum absolute atomic E-state index is 0.206. The van der Waals surface area contributed by atoms with E-state index in [0.29, 0.717) is 16.2 Å². The van der Waals surface area contributed by atoms with Gasteiger partial charge in [-0.3, -0.25) is 9.59 Å². The number of benzene rings is 2. The summed E-state index contributed by atoms with van der Waals surface area (Å²) in [4.78, 5) is 28.5. The van der Waals surface area contributed by atoms with E-state index in [4.69, 9.17) is 0 Å². The highest BCUT2D eigenvalue weighted by molar-refractivity contribution is 8.04. The second kappa shape index (κ2) is 7.35. The smallest absolute Gasteiger partial charge is 0.268 e. The van der Waals surface area contributed by atoms with Crippen molar-refractivity contribution < 1.29 is 9.59 Å². The van der Waals surface area contributed by atoms with Crippen molar-refractivity contribution in [1.82, 2.24) is 0 Å². The fraction of sp³-hybridized carbons (Fsp3) is 0.304. The molecule has 0 radical (unpaired) electrons. The van der Waals surface area contributed by atoms with E-state index in [0.717, 1.165) is 22.3 Å². The molecule has 3 nitrogen and oxygen atoms in total. The van der Waals surface area contributed by atoms with Crippen molar-refractivity contribution in [3.05, 3.63) is 69.1 Å². The van der Waals surface area contributed by atoms with Crippen LogP contribution in [0.1, 0.15) is 41.7 Å². The molecule has 2 aromatic rings. The number of thioether (sulfide) groups is 1. The van der Waals surface area contributed by atoms with E-state index in [2.05, 4.69) is 0 Å². The molecule has 0 aromatic heterocycles. The summed E-state index contributed by atoms with van der Waals surface area (Å²) in [6.45, 7) is 12.1. The Kier molecular flexibility index (Phi) is 5.29. The summed E-state index contributed by atoms with van der Waals surface area (Å²) < 4.78 is 0. The third kappa shape index (κ3) is 3.59. The van der Waals surface area contributed by atoms with Gasteiger partial charge in [0, 0.05) is 5.25 Å². The lowest BCUT2D eigenvalue weighted by Gasteiger charge is -2.18. The fourth-order valence-electron chi connectivity index (χ4n) is 3.28. The first-order valence-electron chi connectivity index (χ1n) is 9.15. The second-order valence-corrected chi connectivity index (χ2v) is 8.99. The van der Waals surface area contributed by atoms with Gasteiger partial charge in [0.1, 0.15) is 0 Å². The molecule has 27 heavy (non-hydrogen) atoms. The van der Waals surface area contributed by atoms with E-state index in [1.165, 1.54) is 22.2 Å². The number of amides is 2. The fourth-order valence-corrected chi connectivity index (χ4v) is 4.27. The molecular weight excluding hydrogens is 354 g/mol. The summed E-state index contributed by atoms with van der Waals surface area (Å²) in [6, 6.07) is 11.7. The van der Waals surface area contributed by atoms with Crippen LogP contribution in [0.15, 0.2) is 41.3 Å². The zero-order valence-corrected chi connectivity index (χ0v) is 17.5. The average molecular weight is 380 g/mol. The van der Waals surface area contributed by atoms with E-state index >= 15 is 0 Å². The summed E-state index contributed by atoms with van der Waals surface area (Å²) in [5.41, 5.74) is 6.30. The van der Waals surface area contributed by atoms with Crippen LogP contribution in [0.5, 0.6) is 0 Å². The Morgan fingerprint density at radius 1 is 0.815 bits per heavy atom. The predicted octanol–water partition coefficient (Wildman–Crippen LogP) is 5.35. The summed E-state index contributed by atoms with van der Waals surface area (Å²) in [5, 5.41) is 0.206. The van der Waals surface area contributed by atoms with Crippen LogP contribution in [0, 0.1) is 27.7 Å². The number of carbonyl (C=O) groups is 2. The molecule has 0 bridgehead atoms. The van der Waals surface area contributed by atoms with Crippen molar-refractivity contribution >= 4 is 34.8 Å². The van der Waals surface area contributed by atoms with E-state index < -0.39 is 0 Å². The number of hydrogen-bond donors (Lipinski definition) is 0. The van der Waals surface area contributed by atoms with Crippen LogP contribution in [0.2, 0.25) is 0 Å². The molecule has 1 aliphatic heterocycles. The summed E-state index contributed by atoms with van der Waals surface area (Å²) in [5.74, 6) is -0.461. The van der Waals surface area contributed by atoms with Crippen LogP contribution >= 0.6 is 11.8 Å². The minimum atomic E-state index is -0.238. The third-order valence-corrected chi connectivity index (χ3v) is 5.87. The van der Waals surface area contributed by atoms with E-state index in [1.807, 2.05) is 77.9 Å². The van der Waals surface area contributed by atoms with Gasteiger partial charge in [-0.25, -0.2) is 4.90 Å². The number of hydrogen-bond acceptors (Lipinski definition) is 3. The summed E-state index contributed by atoms with van der Waals surface area (Å²) in [6.07, 6.45) is 0. The molecule has 1 heterocycles. The van der Waals surface area contributed by atoms with E-state index in [-0.39, 0.29) is 17.1 Å². The molecular formula is C23H25NO2S. The Balaban J connectivity index is 2.15. The third-order valence-electron chi connectivity index (χ3n) is 4.78. The zero-order chi connectivity index (χ0) is 19.9. The number of anilines is 1. The van der Waals surface area contributed by atoms with Crippen molar-refractivity contribution in [2.24, 2.45) is 0 Å². The van der Waals surface area contributed by atoms with Gasteiger partial charge in [0.2, 0.25) is 0 Å². The number of aryl methyl sites for hydroxylation is 4. The minimum Gasteiger partial charge on any atom is -0.268 e. The first-order valence-corrected chi connectivity index (χ1v) is 10.0. The van der Waals surface area contributed by atoms with Crippen molar-refractivity contribution in [2.45, 2.75) is 46.8 Å². The Morgan fingerprint density at radius 3 is 2.11 bits per heavy atom. The largest absolute Gasteiger partial charge is 0.272 e. The van der Waals surface area contributed by atoms with Gasteiger partial charge in [0.25, 0.3) is 11.8 Å². The molecule has 1 aliphatic rings. The van der Waals surface area contributed by atoms with Crippen LogP contribution in [-0.2, 0) is 9.59 Å². The highest BCUT2D eigenvalue weighted by atomic mass is 32.2. The van der Waals surface area contributed by atoms with Gasteiger partial charge in [-0.2, -0.15) is 0 Å². The average Bonchev–Trinajstić information content (AvgIpc) is 2.81. The second-order valence-electron chi connectivity index (χ2n) is 7.41. The van der Waals surface area contributed by atoms with Gasteiger partial charge in [-0.1, -0.05) is 49.7 Å². The van der Waals surface area contributed by atoms with Gasteiger partial charge < -0.3 is 0 Å². The maximum Gasteiger partial charge on any atom is 0.272 e. The van der Waals surface area contributed by atoms with Gasteiger partial charge in [-0.15, -0.1) is 11.8 Å². The number of nitrogens with zero attached hydrogens (tertiary/aromatic N) is 1. The van der Waals surface area contributed by atoms with Gasteiger partial charge in [0.15, 0.2) is 0 Å². The SMILES string of the molecule is Cc1ccc(N2C(=O)C(SC(C)C)=C(c3ccc(C)c(C)c3)C2=O)c(C)c1. The Hall–Kier alpha value is -2.33. The highest BCUT2D eigenvalue weighted by Crippen LogP contribution is 2.41. The number of imide groups is 1. The van der Waals surface area contributed by atoms with Crippen LogP contribution in [0.3, 0.4) is 0 Å². The standard InChI is InChI=1S/C23H25NO2S/c1-13(2)27-21-20(18-9-8-15(4)16(5)12-18)22(25)24(23(21)26)19-10-7-14(3)11-17(19)6/h7-13H,1-6H3. The quantitative estimate of drug-likeness (QED) is 0.672. The number of carbonyl (C=O) groups excluding carboxylic acids is 2. The summed E-state index contributed by atoms with van der Waals surface area (Å²) >= 11 is 1.46. The van der Waals surface area contributed by atoms with Gasteiger partial charge in [-0.05, 0) is 56.0 Å². The maximum atomic E-state index is 13.4. The lowest BCUT2D eigenvalue weighted by atomic mass is 10.0. The zero-order valence-electron chi connectivity index (χ0n) is 16.7. The van der Waals surface area contributed by atoms with Crippen molar-refractivity contribution in [3.8, 4) is 0 Å². The lowest BCUT2D eigenvalue weighted by molar-refractivity contribution is -0.119. The highest BCUT2D eigenvalue weighted by Gasteiger charge is 2.41. The molecule has 0 unspecified atom stereocenters. The van der Waals surface area contributed by atoms with Crippen LogP contribution in [0.25, 0.3) is 5.57 Å². The van der Waals surface area contributed by atoms with Crippen molar-refractivity contribution in [2.75, 3.05) is 4.90 Å². The maximum absolute atomic E-state index is 13.4. The molecule has 2 amide bonds. The van der Waals surface area contributed by atoms with Gasteiger partial charge in [0.05, 0.1) is 16.2 Å². The molecule has 0 saturated heterocycles. The molecule has 2 aromatic carbocycles. The monoisotopic (exact) mass is 379 g/mol. The van der Waals surface area contributed by atoms with Crippen molar-refractivity contribution in [1.29, 1.82) is 0 Å². The number of rotatable bonds is 4. The van der Waals surface area contributed by atoms with E-state index in [1.54, 1.807) is 0 Å². The topological polar surface area (TPSA) is 37.4 Å². The molecule has 0 saturated carbocycles. The molecule has 0 spiro atoms. The van der Waals surface area contributed by atoms with Crippen LogP contribution in [-0.4, -0.2) is 17.1 Å². The summed E-state index contributed by atoms with van der Waals surface area (Å²) in [7, 11) is 0. The Morgan fingerprint density at radius 2 is 1.52 bits per heavy atom. The van der Waals surface area contributed by atoms with Crippen molar-refractivity contribution in [3.63, 3.8) is 0 Å². The lowest BCUT2D eigenvalue weighted by Crippen LogP contribution is -2.32. The van der Waals surface area contributed by atoms with E-state index in [9.17, 15) is 9.59 Å². The van der Waals surface area contributed by atoms with Gasteiger partial charge >= 0.3 is 0 Å².